The van der Waals surface area contributed by atoms with Crippen LogP contribution in [0.25, 0.3) is 11.1 Å². The van der Waals surface area contributed by atoms with E-state index in [1.165, 1.54) is 5.56 Å². The molecule has 1 heterocycles. The number of hydrogen-bond acceptors (Lipinski definition) is 3. The monoisotopic (exact) mass is 374 g/mol. The second-order valence-corrected chi connectivity index (χ2v) is 7.23. The number of aryl methyl sites for hydroxylation is 1. The number of rotatable bonds is 6. The molecule has 3 aromatic rings. The van der Waals surface area contributed by atoms with E-state index in [0.717, 1.165) is 22.4 Å². The van der Waals surface area contributed by atoms with E-state index in [9.17, 15) is 9.90 Å². The highest BCUT2D eigenvalue weighted by atomic mass is 16.3. The number of carbonyl (C=O) groups is 1. The second kappa shape index (κ2) is 8.81. The Balaban J connectivity index is 1.77. The van der Waals surface area contributed by atoms with E-state index < -0.39 is 0 Å². The first-order valence-electron chi connectivity index (χ1n) is 9.47. The molecule has 0 aliphatic carbocycles. The standard InChI is InChI=1S/C24H26N2O2/c1-17-10-11-25-23(12-17)13-18(2)26(3)24(28)22-9-5-8-21(15-22)20-7-4-6-19(14-20)16-27/h4-12,14-15,18,27H,13,16H2,1-3H3. The summed E-state index contributed by atoms with van der Waals surface area (Å²) in [6, 6.07) is 19.4. The van der Waals surface area contributed by atoms with Gasteiger partial charge in [-0.2, -0.15) is 0 Å². The van der Waals surface area contributed by atoms with Gasteiger partial charge >= 0.3 is 0 Å². The van der Waals surface area contributed by atoms with Gasteiger partial charge in [-0.25, -0.2) is 0 Å². The van der Waals surface area contributed by atoms with Crippen LogP contribution in [0.2, 0.25) is 0 Å². The lowest BCUT2D eigenvalue weighted by molar-refractivity contribution is 0.0743. The summed E-state index contributed by atoms with van der Waals surface area (Å²) in [5.74, 6) is -0.0136. The minimum absolute atomic E-state index is 0.000288. The van der Waals surface area contributed by atoms with E-state index in [4.69, 9.17) is 0 Å². The van der Waals surface area contributed by atoms with Crippen LogP contribution < -0.4 is 0 Å². The average Bonchev–Trinajstić information content (AvgIpc) is 2.72. The number of pyridine rings is 1. The van der Waals surface area contributed by atoms with Crippen molar-refractivity contribution in [2.24, 2.45) is 0 Å². The topological polar surface area (TPSA) is 53.4 Å². The summed E-state index contributed by atoms with van der Waals surface area (Å²) in [5, 5.41) is 9.36. The second-order valence-electron chi connectivity index (χ2n) is 7.23. The Morgan fingerprint density at radius 2 is 1.79 bits per heavy atom. The van der Waals surface area contributed by atoms with Crippen LogP contribution >= 0.6 is 0 Å². The van der Waals surface area contributed by atoms with Crippen LogP contribution in [0.1, 0.15) is 34.1 Å². The molecule has 1 amide bonds. The molecule has 0 fully saturated rings. The number of carbonyl (C=O) groups excluding carboxylic acids is 1. The Bertz CT molecular complexity index is 968. The SMILES string of the molecule is Cc1ccnc(CC(C)N(C)C(=O)c2cccc(-c3cccc(CO)c3)c2)c1. The minimum atomic E-state index is -0.0136. The molecule has 1 aromatic heterocycles. The Morgan fingerprint density at radius 1 is 1.07 bits per heavy atom. The van der Waals surface area contributed by atoms with Gasteiger partial charge in [0.05, 0.1) is 6.61 Å². The summed E-state index contributed by atoms with van der Waals surface area (Å²) in [4.78, 5) is 19.2. The molecule has 4 heteroatoms. The number of aromatic nitrogens is 1. The molecule has 1 N–H and O–H groups in total. The number of likely N-dealkylation sites (N-methyl/N-ethyl adjacent to an activating group) is 1. The van der Waals surface area contributed by atoms with E-state index in [0.29, 0.717) is 12.0 Å². The highest BCUT2D eigenvalue weighted by molar-refractivity contribution is 5.95. The first-order chi connectivity index (χ1) is 13.5. The highest BCUT2D eigenvalue weighted by Gasteiger charge is 2.19. The molecular weight excluding hydrogens is 348 g/mol. The maximum atomic E-state index is 13.0. The fourth-order valence-electron chi connectivity index (χ4n) is 3.23. The van der Waals surface area contributed by atoms with Gasteiger partial charge < -0.3 is 10.0 Å². The molecule has 0 saturated carbocycles. The fraction of sp³-hybridized carbons (Fsp3) is 0.250. The Labute approximate surface area is 166 Å². The summed E-state index contributed by atoms with van der Waals surface area (Å²) in [6.45, 7) is 4.08. The van der Waals surface area contributed by atoms with E-state index in [1.54, 1.807) is 4.90 Å². The molecule has 3 rings (SSSR count). The van der Waals surface area contributed by atoms with Gasteiger partial charge in [0.2, 0.25) is 0 Å². The predicted octanol–water partition coefficient (Wildman–Crippen LogP) is 4.25. The Kier molecular flexibility index (Phi) is 6.22. The smallest absolute Gasteiger partial charge is 0.253 e. The van der Waals surface area contributed by atoms with Crippen LogP contribution in [0.4, 0.5) is 0 Å². The lowest BCUT2D eigenvalue weighted by Crippen LogP contribution is -2.36. The molecule has 4 nitrogen and oxygen atoms in total. The van der Waals surface area contributed by atoms with Crippen molar-refractivity contribution in [1.82, 2.24) is 9.88 Å². The van der Waals surface area contributed by atoms with Crippen molar-refractivity contribution in [2.75, 3.05) is 7.05 Å². The molecular formula is C24H26N2O2. The predicted molar refractivity (Wildman–Crippen MR) is 112 cm³/mol. The van der Waals surface area contributed by atoms with E-state index >= 15 is 0 Å². The largest absolute Gasteiger partial charge is 0.392 e. The van der Waals surface area contributed by atoms with Gasteiger partial charge in [-0.1, -0.05) is 30.3 Å². The van der Waals surface area contributed by atoms with Crippen molar-refractivity contribution < 1.29 is 9.90 Å². The molecule has 1 atom stereocenters. The zero-order valence-corrected chi connectivity index (χ0v) is 16.6. The third-order valence-corrected chi connectivity index (χ3v) is 5.01. The summed E-state index contributed by atoms with van der Waals surface area (Å²) in [5.41, 5.74) is 5.61. The number of aliphatic hydroxyl groups excluding tert-OH is 1. The van der Waals surface area contributed by atoms with Crippen molar-refractivity contribution in [2.45, 2.75) is 32.9 Å². The van der Waals surface area contributed by atoms with Gasteiger partial charge in [-0.05, 0) is 66.4 Å². The number of amides is 1. The van der Waals surface area contributed by atoms with Gasteiger partial charge in [-0.15, -0.1) is 0 Å². The van der Waals surface area contributed by atoms with Crippen molar-refractivity contribution in [1.29, 1.82) is 0 Å². The van der Waals surface area contributed by atoms with Crippen LogP contribution in [-0.2, 0) is 13.0 Å². The van der Waals surface area contributed by atoms with Crippen LogP contribution in [0, 0.1) is 6.92 Å². The van der Waals surface area contributed by atoms with E-state index in [1.807, 2.05) is 81.7 Å². The summed E-state index contributed by atoms with van der Waals surface area (Å²) < 4.78 is 0. The quantitative estimate of drug-likeness (QED) is 0.702. The van der Waals surface area contributed by atoms with Crippen LogP contribution in [0.3, 0.4) is 0 Å². The van der Waals surface area contributed by atoms with Crippen LogP contribution in [-0.4, -0.2) is 34.0 Å². The Morgan fingerprint density at radius 3 is 2.50 bits per heavy atom. The van der Waals surface area contributed by atoms with Gasteiger partial charge in [0.1, 0.15) is 0 Å². The lowest BCUT2D eigenvalue weighted by Gasteiger charge is -2.25. The maximum absolute atomic E-state index is 13.0. The average molecular weight is 374 g/mol. The van der Waals surface area contributed by atoms with Gasteiger partial charge in [0, 0.05) is 37.0 Å². The first-order valence-corrected chi connectivity index (χ1v) is 9.47. The van der Waals surface area contributed by atoms with E-state index in [-0.39, 0.29) is 18.6 Å². The molecule has 2 aromatic carbocycles. The molecule has 0 radical (unpaired) electrons. The van der Waals surface area contributed by atoms with Gasteiger partial charge in [-0.3, -0.25) is 9.78 Å². The number of nitrogens with zero attached hydrogens (tertiary/aromatic N) is 2. The summed E-state index contributed by atoms with van der Waals surface area (Å²) in [7, 11) is 1.84. The Hall–Kier alpha value is -2.98. The summed E-state index contributed by atoms with van der Waals surface area (Å²) in [6.07, 6.45) is 2.52. The van der Waals surface area contributed by atoms with Gasteiger partial charge in [0.25, 0.3) is 5.91 Å². The summed E-state index contributed by atoms with van der Waals surface area (Å²) >= 11 is 0. The van der Waals surface area contributed by atoms with Crippen LogP contribution in [0.15, 0.2) is 66.9 Å². The number of aliphatic hydroxyl groups is 1. The zero-order chi connectivity index (χ0) is 20.1. The molecule has 0 bridgehead atoms. The van der Waals surface area contributed by atoms with E-state index in [2.05, 4.69) is 11.1 Å². The first kappa shape index (κ1) is 19.8. The number of benzene rings is 2. The molecule has 0 spiro atoms. The molecule has 144 valence electrons. The highest BCUT2D eigenvalue weighted by Crippen LogP contribution is 2.23. The fourth-order valence-corrected chi connectivity index (χ4v) is 3.23. The van der Waals surface area contributed by atoms with Crippen molar-refractivity contribution in [3.63, 3.8) is 0 Å². The molecule has 0 saturated heterocycles. The zero-order valence-electron chi connectivity index (χ0n) is 16.6. The lowest BCUT2D eigenvalue weighted by atomic mass is 10.0. The molecule has 0 aliphatic heterocycles. The van der Waals surface area contributed by atoms with Crippen LogP contribution in [0.5, 0.6) is 0 Å². The molecule has 1 unspecified atom stereocenters. The molecule has 28 heavy (non-hydrogen) atoms. The van der Waals surface area contributed by atoms with Crippen molar-refractivity contribution in [3.8, 4) is 11.1 Å². The normalized spacial score (nSPS) is 11.9. The van der Waals surface area contributed by atoms with Gasteiger partial charge in [0.15, 0.2) is 0 Å². The molecule has 0 aliphatic rings. The van der Waals surface area contributed by atoms with Crippen molar-refractivity contribution in [3.05, 3.63) is 89.2 Å². The number of hydrogen-bond donors (Lipinski definition) is 1. The third-order valence-electron chi connectivity index (χ3n) is 5.01. The minimum Gasteiger partial charge on any atom is -0.392 e. The van der Waals surface area contributed by atoms with Crippen molar-refractivity contribution >= 4 is 5.91 Å². The third kappa shape index (κ3) is 4.65. The maximum Gasteiger partial charge on any atom is 0.253 e.